The predicted molar refractivity (Wildman–Crippen MR) is 99.3 cm³/mol. The van der Waals surface area contributed by atoms with Crippen molar-refractivity contribution in [1.29, 1.82) is 0 Å². The summed E-state index contributed by atoms with van der Waals surface area (Å²) < 4.78 is 5.06. The van der Waals surface area contributed by atoms with Crippen LogP contribution < -0.4 is 10.6 Å². The van der Waals surface area contributed by atoms with Crippen LogP contribution in [0.25, 0.3) is 21.5 Å². The number of carbonyl (C=O) groups is 2. The minimum Gasteiger partial charge on any atom is -0.462 e. The first-order valence-corrected chi connectivity index (χ1v) is 8.88. The summed E-state index contributed by atoms with van der Waals surface area (Å²) in [4.78, 5) is 37.7. The lowest BCUT2D eigenvalue weighted by molar-refractivity contribution is 0.0532. The molecule has 26 heavy (non-hydrogen) atoms. The molecule has 0 saturated carbocycles. The minimum atomic E-state index is -0.408. The van der Waals surface area contributed by atoms with E-state index in [9.17, 15) is 9.59 Å². The van der Waals surface area contributed by atoms with E-state index in [1.54, 1.807) is 37.5 Å². The third kappa shape index (κ3) is 3.77. The van der Waals surface area contributed by atoms with Gasteiger partial charge in [-0.05, 0) is 32.0 Å². The molecule has 3 aromatic rings. The van der Waals surface area contributed by atoms with Crippen molar-refractivity contribution in [3.05, 3.63) is 35.5 Å². The Kier molecular flexibility index (Phi) is 5.37. The Labute approximate surface area is 153 Å². The standard InChI is InChI=1S/C17H17N5O3S/c1-3-19-17(24)22-16-20-13(10-5-7-18-8-6-10)11-9-12(15(23)25-4-2)26-14(11)21-16/h5-9H,3-4H2,1-2H3,(H2,19,20,21,22,24). The molecule has 0 aliphatic rings. The first kappa shape index (κ1) is 17.7. The number of hydrogen-bond donors (Lipinski definition) is 2. The molecular weight excluding hydrogens is 354 g/mol. The number of anilines is 1. The minimum absolute atomic E-state index is 0.160. The van der Waals surface area contributed by atoms with Crippen molar-refractivity contribution >= 4 is 39.5 Å². The van der Waals surface area contributed by atoms with E-state index < -0.39 is 12.0 Å². The molecule has 0 bridgehead atoms. The maximum Gasteiger partial charge on any atom is 0.348 e. The first-order chi connectivity index (χ1) is 12.6. The number of fused-ring (bicyclic) bond motifs is 1. The predicted octanol–water partition coefficient (Wildman–Crippen LogP) is 3.07. The van der Waals surface area contributed by atoms with Crippen LogP contribution in [0.3, 0.4) is 0 Å². The summed E-state index contributed by atoms with van der Waals surface area (Å²) in [5.74, 6) is -0.248. The van der Waals surface area contributed by atoms with Crippen LogP contribution in [0.2, 0.25) is 0 Å². The van der Waals surface area contributed by atoms with Crippen molar-refractivity contribution in [3.8, 4) is 11.3 Å². The molecule has 134 valence electrons. The topological polar surface area (TPSA) is 106 Å². The van der Waals surface area contributed by atoms with Gasteiger partial charge in [-0.15, -0.1) is 11.3 Å². The van der Waals surface area contributed by atoms with E-state index in [0.717, 1.165) is 5.56 Å². The van der Waals surface area contributed by atoms with Crippen molar-refractivity contribution in [3.63, 3.8) is 0 Å². The molecule has 3 rings (SSSR count). The molecule has 2 N–H and O–H groups in total. The number of thiophene rings is 1. The van der Waals surface area contributed by atoms with Gasteiger partial charge in [0.15, 0.2) is 0 Å². The zero-order valence-corrected chi connectivity index (χ0v) is 15.1. The third-order valence-corrected chi connectivity index (χ3v) is 4.39. The summed E-state index contributed by atoms with van der Waals surface area (Å²) in [6.07, 6.45) is 3.30. The van der Waals surface area contributed by atoms with Gasteiger partial charge in [0.25, 0.3) is 0 Å². The maximum absolute atomic E-state index is 12.1. The van der Waals surface area contributed by atoms with E-state index in [4.69, 9.17) is 4.74 Å². The van der Waals surface area contributed by atoms with Crippen LogP contribution in [0.1, 0.15) is 23.5 Å². The third-order valence-electron chi connectivity index (χ3n) is 3.39. The van der Waals surface area contributed by atoms with Gasteiger partial charge in [-0.25, -0.2) is 19.6 Å². The number of ether oxygens (including phenoxy) is 1. The summed E-state index contributed by atoms with van der Waals surface area (Å²) in [5, 5.41) is 5.96. The van der Waals surface area contributed by atoms with Gasteiger partial charge >= 0.3 is 12.0 Å². The summed E-state index contributed by atoms with van der Waals surface area (Å²) in [6.45, 7) is 4.34. The molecule has 3 aromatic heterocycles. The van der Waals surface area contributed by atoms with Crippen molar-refractivity contribution < 1.29 is 14.3 Å². The second kappa shape index (κ2) is 7.87. The number of amides is 2. The highest BCUT2D eigenvalue weighted by molar-refractivity contribution is 7.20. The smallest absolute Gasteiger partial charge is 0.348 e. The summed E-state index contributed by atoms with van der Waals surface area (Å²) in [5.41, 5.74) is 1.41. The largest absolute Gasteiger partial charge is 0.462 e. The summed E-state index contributed by atoms with van der Waals surface area (Å²) in [7, 11) is 0. The lowest BCUT2D eigenvalue weighted by Crippen LogP contribution is -2.29. The summed E-state index contributed by atoms with van der Waals surface area (Å²) in [6, 6.07) is 4.93. The Hall–Kier alpha value is -3.07. The quantitative estimate of drug-likeness (QED) is 0.668. The van der Waals surface area contributed by atoms with Crippen molar-refractivity contribution in [2.45, 2.75) is 13.8 Å². The van der Waals surface area contributed by atoms with Gasteiger partial charge in [-0.1, -0.05) is 0 Å². The van der Waals surface area contributed by atoms with E-state index in [-0.39, 0.29) is 5.95 Å². The average Bonchev–Trinajstić information content (AvgIpc) is 3.06. The average molecular weight is 371 g/mol. The Balaban J connectivity index is 2.11. The highest BCUT2D eigenvalue weighted by Gasteiger charge is 2.18. The number of hydrogen-bond acceptors (Lipinski definition) is 7. The number of urea groups is 1. The molecule has 0 atom stereocenters. The number of nitrogens with zero attached hydrogens (tertiary/aromatic N) is 3. The van der Waals surface area contributed by atoms with Gasteiger partial charge in [0.1, 0.15) is 9.71 Å². The molecule has 0 unspecified atom stereocenters. The zero-order chi connectivity index (χ0) is 18.5. The van der Waals surface area contributed by atoms with Gasteiger partial charge < -0.3 is 10.1 Å². The van der Waals surface area contributed by atoms with Crippen LogP contribution in [-0.4, -0.2) is 40.1 Å². The van der Waals surface area contributed by atoms with E-state index >= 15 is 0 Å². The van der Waals surface area contributed by atoms with Crippen LogP contribution in [-0.2, 0) is 4.74 Å². The number of aromatic nitrogens is 3. The molecule has 8 nitrogen and oxygen atoms in total. The second-order valence-electron chi connectivity index (χ2n) is 5.17. The highest BCUT2D eigenvalue weighted by atomic mass is 32.1. The number of pyridine rings is 1. The van der Waals surface area contributed by atoms with Crippen LogP contribution in [0.5, 0.6) is 0 Å². The van der Waals surface area contributed by atoms with Crippen LogP contribution in [0.4, 0.5) is 10.7 Å². The molecule has 0 fully saturated rings. The normalized spacial score (nSPS) is 10.5. The van der Waals surface area contributed by atoms with Crippen molar-refractivity contribution in [2.75, 3.05) is 18.5 Å². The van der Waals surface area contributed by atoms with Crippen LogP contribution >= 0.6 is 11.3 Å². The Morgan fingerprint density at radius 2 is 1.96 bits per heavy atom. The van der Waals surface area contributed by atoms with Crippen molar-refractivity contribution in [1.82, 2.24) is 20.3 Å². The van der Waals surface area contributed by atoms with E-state index in [0.29, 0.717) is 33.9 Å². The Morgan fingerprint density at radius 3 is 2.65 bits per heavy atom. The fraction of sp³-hybridized carbons (Fsp3) is 0.235. The molecule has 0 radical (unpaired) electrons. The molecule has 0 aliphatic heterocycles. The van der Waals surface area contributed by atoms with Gasteiger partial charge in [-0.3, -0.25) is 10.3 Å². The van der Waals surface area contributed by atoms with E-state index in [1.807, 2.05) is 6.92 Å². The van der Waals surface area contributed by atoms with Gasteiger partial charge in [0.2, 0.25) is 5.95 Å². The number of rotatable bonds is 5. The van der Waals surface area contributed by atoms with Gasteiger partial charge in [-0.2, -0.15) is 0 Å². The summed E-state index contributed by atoms with van der Waals surface area (Å²) >= 11 is 1.20. The zero-order valence-electron chi connectivity index (χ0n) is 14.3. The maximum atomic E-state index is 12.1. The lowest BCUT2D eigenvalue weighted by Gasteiger charge is -2.07. The van der Waals surface area contributed by atoms with E-state index in [1.165, 1.54) is 11.3 Å². The van der Waals surface area contributed by atoms with Crippen molar-refractivity contribution in [2.24, 2.45) is 0 Å². The van der Waals surface area contributed by atoms with Gasteiger partial charge in [0, 0.05) is 29.9 Å². The Bertz CT molecular complexity index is 942. The molecule has 2 amide bonds. The second-order valence-corrected chi connectivity index (χ2v) is 6.20. The number of carbonyl (C=O) groups excluding carboxylic acids is 2. The number of esters is 1. The molecule has 3 heterocycles. The fourth-order valence-electron chi connectivity index (χ4n) is 2.32. The number of nitrogens with one attached hydrogen (secondary N) is 2. The lowest BCUT2D eigenvalue weighted by atomic mass is 10.1. The first-order valence-electron chi connectivity index (χ1n) is 8.06. The molecule has 0 spiro atoms. The molecular formula is C17H17N5O3S. The van der Waals surface area contributed by atoms with Gasteiger partial charge in [0.05, 0.1) is 12.3 Å². The SMILES string of the molecule is CCNC(=O)Nc1nc(-c2ccncc2)c2cc(C(=O)OCC)sc2n1. The molecule has 0 aliphatic carbocycles. The van der Waals surface area contributed by atoms with Crippen LogP contribution in [0, 0.1) is 0 Å². The molecule has 0 saturated heterocycles. The fourth-order valence-corrected chi connectivity index (χ4v) is 3.24. The van der Waals surface area contributed by atoms with Crippen LogP contribution in [0.15, 0.2) is 30.6 Å². The monoisotopic (exact) mass is 371 g/mol. The Morgan fingerprint density at radius 1 is 1.19 bits per heavy atom. The molecule has 0 aromatic carbocycles. The highest BCUT2D eigenvalue weighted by Crippen LogP contribution is 2.33. The van der Waals surface area contributed by atoms with E-state index in [2.05, 4.69) is 25.6 Å². The molecule has 9 heteroatoms.